The smallest absolute Gasteiger partial charge is 0.306 e. The largest absolute Gasteiger partial charge is 0.481 e. The van der Waals surface area contributed by atoms with Crippen LogP contribution >= 0.6 is 0 Å². The minimum atomic E-state index is -0.928. The van der Waals surface area contributed by atoms with E-state index < -0.39 is 23.6 Å². The monoisotopic (exact) mass is 202 g/mol. The summed E-state index contributed by atoms with van der Waals surface area (Å²) in [5, 5.41) is 28.2. The second-order valence-electron chi connectivity index (χ2n) is 4.68. The average Bonchev–Trinajstić information content (AvgIpc) is 2.01. The molecule has 1 saturated carbocycles. The van der Waals surface area contributed by atoms with Crippen molar-refractivity contribution in [2.24, 2.45) is 11.8 Å². The number of aliphatic hydroxyl groups is 2. The number of aliphatic hydroxyl groups excluding tert-OH is 1. The van der Waals surface area contributed by atoms with E-state index in [9.17, 15) is 15.0 Å². The molecule has 0 aromatic rings. The molecular weight excluding hydrogens is 184 g/mol. The van der Waals surface area contributed by atoms with Gasteiger partial charge in [0.15, 0.2) is 0 Å². The molecular formula is C10H18O4. The third kappa shape index (κ3) is 2.45. The zero-order chi connectivity index (χ0) is 10.9. The van der Waals surface area contributed by atoms with E-state index in [0.29, 0.717) is 12.8 Å². The molecule has 0 saturated heterocycles. The molecule has 3 atom stereocenters. The Kier molecular flexibility index (Phi) is 3.17. The fourth-order valence-corrected chi connectivity index (χ4v) is 2.20. The van der Waals surface area contributed by atoms with Crippen LogP contribution in [-0.2, 0) is 4.79 Å². The number of hydrogen-bond acceptors (Lipinski definition) is 3. The van der Waals surface area contributed by atoms with Gasteiger partial charge in [-0.25, -0.2) is 0 Å². The number of aliphatic carboxylic acids is 1. The lowest BCUT2D eigenvalue weighted by atomic mass is 9.73. The van der Waals surface area contributed by atoms with Crippen molar-refractivity contribution in [3.05, 3.63) is 0 Å². The number of carboxylic acid groups (broad SMARTS) is 1. The third-order valence-electron chi connectivity index (χ3n) is 3.07. The Hall–Kier alpha value is -0.610. The van der Waals surface area contributed by atoms with E-state index >= 15 is 0 Å². The Morgan fingerprint density at radius 2 is 1.93 bits per heavy atom. The average molecular weight is 202 g/mol. The standard InChI is InChI=1S/C10H18O4/c1-10(2,14)7-4-3-6(9(12)13)5-8(7)11/h6-8,11,14H,3-5H2,1-2H3,(H,12,13). The lowest BCUT2D eigenvalue weighted by Crippen LogP contribution is -2.44. The molecule has 0 heterocycles. The van der Waals surface area contributed by atoms with Crippen LogP contribution in [0.4, 0.5) is 0 Å². The first-order valence-electron chi connectivity index (χ1n) is 4.95. The molecule has 1 fully saturated rings. The molecule has 0 spiro atoms. The minimum absolute atomic E-state index is 0.210. The zero-order valence-corrected chi connectivity index (χ0v) is 8.60. The maximum atomic E-state index is 10.7. The summed E-state index contributed by atoms with van der Waals surface area (Å²) < 4.78 is 0. The molecule has 0 radical (unpaired) electrons. The van der Waals surface area contributed by atoms with Gasteiger partial charge in [0, 0.05) is 5.92 Å². The summed E-state index contributed by atoms with van der Waals surface area (Å²) in [7, 11) is 0. The Morgan fingerprint density at radius 3 is 2.29 bits per heavy atom. The Morgan fingerprint density at radius 1 is 1.36 bits per heavy atom. The van der Waals surface area contributed by atoms with Gasteiger partial charge in [0.1, 0.15) is 0 Å². The molecule has 82 valence electrons. The molecule has 3 N–H and O–H groups in total. The normalized spacial score (nSPS) is 34.1. The second kappa shape index (κ2) is 3.87. The summed E-state index contributed by atoms with van der Waals surface area (Å²) in [5.74, 6) is -1.51. The van der Waals surface area contributed by atoms with Crippen LogP contribution in [0.15, 0.2) is 0 Å². The van der Waals surface area contributed by atoms with Crippen LogP contribution in [0.25, 0.3) is 0 Å². The SMILES string of the molecule is CC(C)(O)C1CCC(C(=O)O)CC1O. The molecule has 1 aliphatic carbocycles. The molecule has 3 unspecified atom stereocenters. The molecule has 0 bridgehead atoms. The van der Waals surface area contributed by atoms with Crippen LogP contribution in [0.1, 0.15) is 33.1 Å². The Bertz CT molecular complexity index is 219. The van der Waals surface area contributed by atoms with Crippen molar-refractivity contribution < 1.29 is 20.1 Å². The summed E-state index contributed by atoms with van der Waals surface area (Å²) in [6.07, 6.45) is 0.664. The summed E-state index contributed by atoms with van der Waals surface area (Å²) in [6.45, 7) is 3.31. The van der Waals surface area contributed by atoms with E-state index in [0.717, 1.165) is 0 Å². The molecule has 0 aliphatic heterocycles. The van der Waals surface area contributed by atoms with E-state index in [-0.39, 0.29) is 12.3 Å². The minimum Gasteiger partial charge on any atom is -0.481 e. The fraction of sp³-hybridized carbons (Fsp3) is 0.900. The van der Waals surface area contributed by atoms with Gasteiger partial charge in [0.25, 0.3) is 0 Å². The van der Waals surface area contributed by atoms with Crippen LogP contribution in [0.3, 0.4) is 0 Å². The predicted molar refractivity (Wildman–Crippen MR) is 50.8 cm³/mol. The molecule has 0 aromatic heterocycles. The quantitative estimate of drug-likeness (QED) is 0.613. The van der Waals surface area contributed by atoms with Gasteiger partial charge in [-0.1, -0.05) is 0 Å². The highest BCUT2D eigenvalue weighted by Gasteiger charge is 2.39. The van der Waals surface area contributed by atoms with Crippen molar-refractivity contribution in [1.29, 1.82) is 0 Å². The van der Waals surface area contributed by atoms with Gasteiger partial charge in [-0.3, -0.25) is 4.79 Å². The number of hydrogen-bond donors (Lipinski definition) is 3. The van der Waals surface area contributed by atoms with Crippen molar-refractivity contribution >= 4 is 5.97 Å². The molecule has 4 heteroatoms. The highest BCUT2D eigenvalue weighted by molar-refractivity contribution is 5.70. The van der Waals surface area contributed by atoms with E-state index in [2.05, 4.69) is 0 Å². The molecule has 14 heavy (non-hydrogen) atoms. The summed E-state index contributed by atoms with van der Waals surface area (Å²) in [6, 6.07) is 0. The van der Waals surface area contributed by atoms with Gasteiger partial charge in [-0.2, -0.15) is 0 Å². The molecule has 0 aromatic carbocycles. The van der Waals surface area contributed by atoms with Crippen LogP contribution < -0.4 is 0 Å². The zero-order valence-electron chi connectivity index (χ0n) is 8.60. The highest BCUT2D eigenvalue weighted by atomic mass is 16.4. The fourth-order valence-electron chi connectivity index (χ4n) is 2.20. The number of carboxylic acids is 1. The van der Waals surface area contributed by atoms with Crippen LogP contribution in [-0.4, -0.2) is 33.0 Å². The van der Waals surface area contributed by atoms with Gasteiger partial charge < -0.3 is 15.3 Å². The Labute approximate surface area is 83.6 Å². The molecule has 4 nitrogen and oxygen atoms in total. The first-order valence-corrected chi connectivity index (χ1v) is 4.95. The highest BCUT2D eigenvalue weighted by Crippen LogP contribution is 2.35. The maximum absolute atomic E-state index is 10.7. The van der Waals surface area contributed by atoms with Gasteiger partial charge in [-0.15, -0.1) is 0 Å². The van der Waals surface area contributed by atoms with Gasteiger partial charge >= 0.3 is 5.97 Å². The van der Waals surface area contributed by atoms with Crippen LogP contribution in [0, 0.1) is 11.8 Å². The van der Waals surface area contributed by atoms with E-state index in [4.69, 9.17) is 5.11 Å². The number of carbonyl (C=O) groups is 1. The molecule has 1 rings (SSSR count). The van der Waals surface area contributed by atoms with Crippen molar-refractivity contribution in [2.45, 2.75) is 44.8 Å². The summed E-state index contributed by atoms with van der Waals surface area (Å²) in [4.78, 5) is 10.7. The van der Waals surface area contributed by atoms with E-state index in [1.165, 1.54) is 0 Å². The third-order valence-corrected chi connectivity index (χ3v) is 3.07. The molecule has 1 aliphatic rings. The summed E-state index contributed by atoms with van der Waals surface area (Å²) in [5.41, 5.74) is -0.928. The summed E-state index contributed by atoms with van der Waals surface area (Å²) >= 11 is 0. The maximum Gasteiger partial charge on any atom is 0.306 e. The van der Waals surface area contributed by atoms with E-state index in [1.54, 1.807) is 13.8 Å². The number of rotatable bonds is 2. The van der Waals surface area contributed by atoms with Gasteiger partial charge in [0.2, 0.25) is 0 Å². The van der Waals surface area contributed by atoms with Gasteiger partial charge in [-0.05, 0) is 33.1 Å². The lowest BCUT2D eigenvalue weighted by Gasteiger charge is -2.38. The Balaban J connectivity index is 2.61. The van der Waals surface area contributed by atoms with Crippen LogP contribution in [0.5, 0.6) is 0 Å². The first kappa shape index (κ1) is 11.5. The lowest BCUT2D eigenvalue weighted by molar-refractivity contribution is -0.148. The van der Waals surface area contributed by atoms with Crippen molar-refractivity contribution in [3.63, 3.8) is 0 Å². The van der Waals surface area contributed by atoms with Crippen LogP contribution in [0.2, 0.25) is 0 Å². The van der Waals surface area contributed by atoms with Crippen molar-refractivity contribution in [2.75, 3.05) is 0 Å². The molecule has 0 amide bonds. The van der Waals surface area contributed by atoms with Gasteiger partial charge in [0.05, 0.1) is 17.6 Å². The predicted octanol–water partition coefficient (Wildman–Crippen LogP) is 0.619. The first-order chi connectivity index (χ1) is 6.32. The van der Waals surface area contributed by atoms with Crippen molar-refractivity contribution in [3.8, 4) is 0 Å². The van der Waals surface area contributed by atoms with Crippen molar-refractivity contribution in [1.82, 2.24) is 0 Å². The topological polar surface area (TPSA) is 77.8 Å². The second-order valence-corrected chi connectivity index (χ2v) is 4.68. The van der Waals surface area contributed by atoms with E-state index in [1.807, 2.05) is 0 Å².